The number of hydrogen-bond donors (Lipinski definition) is 0. The van der Waals surface area contributed by atoms with E-state index in [-0.39, 0.29) is 29.6 Å². The molecule has 0 N–H and O–H groups in total. The average molecular weight is 501 g/mol. The van der Waals surface area contributed by atoms with E-state index in [1.807, 2.05) is 25.1 Å². The van der Waals surface area contributed by atoms with E-state index in [1.54, 1.807) is 29.2 Å². The van der Waals surface area contributed by atoms with Crippen molar-refractivity contribution < 1.29 is 19.1 Å². The van der Waals surface area contributed by atoms with Crippen LogP contribution in [-0.2, 0) is 20.8 Å². The molecule has 1 atom stereocenters. The molecule has 6 heteroatoms. The topological polar surface area (TPSA) is 66.9 Å². The number of imide groups is 1. The minimum atomic E-state index is -0.747. The highest BCUT2D eigenvalue weighted by atomic mass is 16.5. The second kappa shape index (κ2) is 9.62. The SMILES string of the molecule is CCOc1ccc(N2C(=O)CC(N(CCc3ccccc3)C(=O)C34CC5CC(CC(C5)C3)C4)C2=O)cc1. The average Bonchev–Trinajstić information content (AvgIpc) is 3.18. The second-order valence-corrected chi connectivity index (χ2v) is 11.6. The Balaban J connectivity index is 1.28. The van der Waals surface area contributed by atoms with Crippen molar-refractivity contribution in [1.29, 1.82) is 0 Å². The lowest BCUT2D eigenvalue weighted by Gasteiger charge is -2.57. The quantitative estimate of drug-likeness (QED) is 0.478. The summed E-state index contributed by atoms with van der Waals surface area (Å²) < 4.78 is 5.52. The van der Waals surface area contributed by atoms with Crippen LogP contribution in [0.5, 0.6) is 5.75 Å². The van der Waals surface area contributed by atoms with Crippen molar-refractivity contribution in [3.63, 3.8) is 0 Å². The number of hydrogen-bond acceptors (Lipinski definition) is 4. The molecule has 4 bridgehead atoms. The van der Waals surface area contributed by atoms with Crippen molar-refractivity contribution in [3.05, 3.63) is 60.2 Å². The van der Waals surface area contributed by atoms with Gasteiger partial charge in [-0.2, -0.15) is 0 Å². The number of nitrogens with zero attached hydrogens (tertiary/aromatic N) is 2. The molecule has 0 aromatic heterocycles. The van der Waals surface area contributed by atoms with Crippen molar-refractivity contribution in [1.82, 2.24) is 4.90 Å². The van der Waals surface area contributed by atoms with Gasteiger partial charge in [-0.25, -0.2) is 4.90 Å². The molecule has 5 aliphatic rings. The van der Waals surface area contributed by atoms with Gasteiger partial charge < -0.3 is 9.64 Å². The van der Waals surface area contributed by atoms with Gasteiger partial charge in [-0.1, -0.05) is 30.3 Å². The minimum Gasteiger partial charge on any atom is -0.494 e. The maximum atomic E-state index is 14.4. The number of anilines is 1. The van der Waals surface area contributed by atoms with E-state index in [0.717, 1.165) is 24.8 Å². The van der Waals surface area contributed by atoms with Crippen molar-refractivity contribution in [3.8, 4) is 5.75 Å². The van der Waals surface area contributed by atoms with Crippen LogP contribution in [-0.4, -0.2) is 41.8 Å². The molecule has 2 aromatic rings. The van der Waals surface area contributed by atoms with E-state index >= 15 is 0 Å². The molecule has 194 valence electrons. The standard InChI is InChI=1S/C31H36N2O4/c1-2-37-26-10-8-25(9-11-26)33-28(34)17-27(29(33)35)32(13-12-21-6-4-3-5-7-21)30(36)31-18-22-14-23(19-31)16-24(15-22)20-31/h3-11,22-24,27H,2,12-20H2,1H3. The van der Waals surface area contributed by atoms with Gasteiger partial charge in [0.25, 0.3) is 5.91 Å². The molecular weight excluding hydrogens is 464 g/mol. The zero-order valence-electron chi connectivity index (χ0n) is 21.6. The molecule has 0 radical (unpaired) electrons. The van der Waals surface area contributed by atoms with Crippen molar-refractivity contribution in [2.75, 3.05) is 18.1 Å². The lowest BCUT2D eigenvalue weighted by Crippen LogP contribution is -2.58. The number of rotatable bonds is 8. The summed E-state index contributed by atoms with van der Waals surface area (Å²) in [5.74, 6) is 2.17. The summed E-state index contributed by atoms with van der Waals surface area (Å²) in [4.78, 5) is 44.5. The molecule has 7 rings (SSSR count). The molecule has 1 unspecified atom stereocenters. The summed E-state index contributed by atoms with van der Waals surface area (Å²) in [7, 11) is 0. The first kappa shape index (κ1) is 24.2. The zero-order chi connectivity index (χ0) is 25.6. The highest BCUT2D eigenvalue weighted by Crippen LogP contribution is 2.60. The Morgan fingerprint density at radius 3 is 2.16 bits per heavy atom. The molecule has 6 nitrogen and oxygen atoms in total. The lowest BCUT2D eigenvalue weighted by atomic mass is 9.49. The zero-order valence-corrected chi connectivity index (χ0v) is 21.6. The molecule has 3 amide bonds. The van der Waals surface area contributed by atoms with E-state index in [4.69, 9.17) is 4.74 Å². The minimum absolute atomic E-state index is 0.0406. The van der Waals surface area contributed by atoms with Crippen LogP contribution in [0.2, 0.25) is 0 Å². The Morgan fingerprint density at radius 2 is 1.57 bits per heavy atom. The van der Waals surface area contributed by atoms with Crippen LogP contribution in [0.1, 0.15) is 57.4 Å². The fourth-order valence-electron chi connectivity index (χ4n) is 7.96. The molecule has 37 heavy (non-hydrogen) atoms. The molecule has 1 heterocycles. The van der Waals surface area contributed by atoms with Crippen LogP contribution >= 0.6 is 0 Å². The van der Waals surface area contributed by atoms with Crippen LogP contribution in [0.15, 0.2) is 54.6 Å². The molecule has 4 saturated carbocycles. The van der Waals surface area contributed by atoms with Crippen LogP contribution in [0, 0.1) is 23.2 Å². The van der Waals surface area contributed by atoms with Gasteiger partial charge in [-0.15, -0.1) is 0 Å². The summed E-state index contributed by atoms with van der Waals surface area (Å²) in [6.45, 7) is 2.91. The number of carbonyl (C=O) groups excluding carboxylic acids is 3. The van der Waals surface area contributed by atoms with Crippen LogP contribution in [0.25, 0.3) is 0 Å². The number of ether oxygens (including phenoxy) is 1. The Labute approximate surface area is 219 Å². The van der Waals surface area contributed by atoms with Gasteiger partial charge >= 0.3 is 0 Å². The van der Waals surface area contributed by atoms with Gasteiger partial charge in [0, 0.05) is 6.54 Å². The van der Waals surface area contributed by atoms with Gasteiger partial charge in [0.2, 0.25) is 11.8 Å². The third kappa shape index (κ3) is 4.45. The first-order chi connectivity index (χ1) is 18.0. The summed E-state index contributed by atoms with van der Waals surface area (Å²) >= 11 is 0. The van der Waals surface area contributed by atoms with Gasteiger partial charge in [0.05, 0.1) is 24.1 Å². The number of benzene rings is 2. The summed E-state index contributed by atoms with van der Waals surface area (Å²) in [6.07, 6.45) is 7.29. The van der Waals surface area contributed by atoms with Crippen molar-refractivity contribution in [2.24, 2.45) is 23.2 Å². The predicted octanol–water partition coefficient (Wildman–Crippen LogP) is 5.00. The van der Waals surface area contributed by atoms with Crippen molar-refractivity contribution >= 4 is 23.4 Å². The number of carbonyl (C=O) groups is 3. The lowest BCUT2D eigenvalue weighted by molar-refractivity contribution is -0.161. The Hall–Kier alpha value is -3.15. The Morgan fingerprint density at radius 1 is 0.946 bits per heavy atom. The highest BCUT2D eigenvalue weighted by Gasteiger charge is 2.57. The fraction of sp³-hybridized carbons (Fsp3) is 0.516. The van der Waals surface area contributed by atoms with Crippen LogP contribution in [0.3, 0.4) is 0 Å². The summed E-state index contributed by atoms with van der Waals surface area (Å²) in [6, 6.07) is 16.4. The molecular formula is C31H36N2O4. The second-order valence-electron chi connectivity index (χ2n) is 11.6. The number of amides is 3. The van der Waals surface area contributed by atoms with Gasteiger partial charge in [0.1, 0.15) is 11.8 Å². The Kier molecular flexibility index (Phi) is 6.29. The molecule has 5 fully saturated rings. The van der Waals surface area contributed by atoms with Crippen molar-refractivity contribution in [2.45, 2.75) is 64.3 Å². The maximum Gasteiger partial charge on any atom is 0.257 e. The van der Waals surface area contributed by atoms with E-state index in [9.17, 15) is 14.4 Å². The first-order valence-corrected chi connectivity index (χ1v) is 13.9. The molecule has 1 saturated heterocycles. The molecule has 1 aliphatic heterocycles. The van der Waals surface area contributed by atoms with E-state index in [2.05, 4.69) is 12.1 Å². The first-order valence-electron chi connectivity index (χ1n) is 13.9. The van der Waals surface area contributed by atoms with Gasteiger partial charge in [-0.05, 0) is 99.5 Å². The summed E-state index contributed by atoms with van der Waals surface area (Å²) in [5, 5.41) is 0. The van der Waals surface area contributed by atoms with E-state index in [1.165, 1.54) is 24.2 Å². The maximum absolute atomic E-state index is 14.4. The summed E-state index contributed by atoms with van der Waals surface area (Å²) in [5.41, 5.74) is 1.30. The smallest absolute Gasteiger partial charge is 0.257 e. The predicted molar refractivity (Wildman–Crippen MR) is 141 cm³/mol. The van der Waals surface area contributed by atoms with Gasteiger partial charge in [-0.3, -0.25) is 14.4 Å². The normalized spacial score (nSPS) is 30.1. The molecule has 4 aliphatic carbocycles. The van der Waals surface area contributed by atoms with Crippen LogP contribution < -0.4 is 9.64 Å². The van der Waals surface area contributed by atoms with E-state index < -0.39 is 6.04 Å². The largest absolute Gasteiger partial charge is 0.494 e. The molecule has 2 aromatic carbocycles. The monoisotopic (exact) mass is 500 g/mol. The van der Waals surface area contributed by atoms with E-state index in [0.29, 0.717) is 48.8 Å². The fourth-order valence-corrected chi connectivity index (χ4v) is 7.96. The Bertz CT molecular complexity index is 1140. The molecule has 0 spiro atoms. The van der Waals surface area contributed by atoms with Gasteiger partial charge in [0.15, 0.2) is 0 Å². The third-order valence-corrected chi connectivity index (χ3v) is 9.14. The van der Waals surface area contributed by atoms with Crippen LogP contribution in [0.4, 0.5) is 5.69 Å². The third-order valence-electron chi connectivity index (χ3n) is 9.14. The highest BCUT2D eigenvalue weighted by molar-refractivity contribution is 6.23.